The van der Waals surface area contributed by atoms with Crippen molar-refractivity contribution in [2.24, 2.45) is 5.41 Å². The summed E-state index contributed by atoms with van der Waals surface area (Å²) in [6.07, 6.45) is 3.02. The number of amides is 5. The van der Waals surface area contributed by atoms with Gasteiger partial charge in [-0.2, -0.15) is 0 Å². The molecule has 5 amide bonds. The Hall–Kier alpha value is -3.87. The molecule has 1 aromatic rings. The first-order chi connectivity index (χ1) is 20.2. The highest BCUT2D eigenvalue weighted by Gasteiger charge is 2.52. The number of rotatable bonds is 4. The Balaban J connectivity index is 1.52. The van der Waals surface area contributed by atoms with Crippen molar-refractivity contribution in [1.29, 1.82) is 0 Å². The van der Waals surface area contributed by atoms with Gasteiger partial charge in [0.25, 0.3) is 5.91 Å². The fourth-order valence-electron chi connectivity index (χ4n) is 5.44. The number of nitrogens with zero attached hydrogens (tertiary/aromatic N) is 2. The topological polar surface area (TPSA) is 156 Å². The summed E-state index contributed by atoms with van der Waals surface area (Å²) in [7, 11) is 3.00. The molecule has 3 N–H and O–H groups in total. The number of hydrogen-bond acceptors (Lipinski definition) is 8. The maximum Gasteiger partial charge on any atom is 0.252 e. The molecule has 0 aromatic heterocycles. The summed E-state index contributed by atoms with van der Waals surface area (Å²) >= 11 is 0. The Morgan fingerprint density at radius 2 is 1.86 bits per heavy atom. The van der Waals surface area contributed by atoms with Crippen LogP contribution in [-0.2, 0) is 23.9 Å². The van der Waals surface area contributed by atoms with Crippen molar-refractivity contribution in [2.45, 2.75) is 51.1 Å². The monoisotopic (exact) mass is 587 g/mol. The largest absolute Gasteiger partial charge is 0.493 e. The number of benzene rings is 1. The molecule has 13 nitrogen and oxygen atoms in total. The molecule has 0 spiro atoms. The second kappa shape index (κ2) is 13.9. The van der Waals surface area contributed by atoms with Crippen molar-refractivity contribution >= 4 is 29.5 Å². The number of nitrogens with one attached hydrogen (secondary N) is 3. The van der Waals surface area contributed by atoms with E-state index in [0.717, 1.165) is 0 Å². The molecule has 5 rings (SSSR count). The van der Waals surface area contributed by atoms with Crippen LogP contribution < -0.4 is 25.4 Å². The van der Waals surface area contributed by atoms with Crippen molar-refractivity contribution in [3.8, 4) is 11.5 Å². The van der Waals surface area contributed by atoms with Crippen LogP contribution in [0.5, 0.6) is 11.5 Å². The highest BCUT2D eigenvalue weighted by atomic mass is 16.5. The quantitative estimate of drug-likeness (QED) is 0.418. The summed E-state index contributed by atoms with van der Waals surface area (Å²) in [6, 6.07) is 3.15. The van der Waals surface area contributed by atoms with Crippen molar-refractivity contribution in [3.05, 3.63) is 23.8 Å². The zero-order valence-electron chi connectivity index (χ0n) is 24.5. The second-order valence-electron chi connectivity index (χ2n) is 11.0. The van der Waals surface area contributed by atoms with Gasteiger partial charge in [0.1, 0.15) is 18.7 Å². The molecule has 2 atom stereocenters. The zero-order chi connectivity index (χ0) is 30.3. The number of carbonyl (C=O) groups is 5. The number of fused-ring (bicyclic) bond motifs is 16. The predicted molar refractivity (Wildman–Crippen MR) is 151 cm³/mol. The Bertz CT molecular complexity index is 1190. The van der Waals surface area contributed by atoms with E-state index >= 15 is 0 Å². The van der Waals surface area contributed by atoms with E-state index in [2.05, 4.69) is 16.0 Å². The predicted octanol–water partition coefficient (Wildman–Crippen LogP) is 0.0746. The van der Waals surface area contributed by atoms with E-state index in [1.54, 1.807) is 26.2 Å². The first kappa shape index (κ1) is 31.1. The molecule has 0 unspecified atom stereocenters. The third-order valence-electron chi connectivity index (χ3n) is 7.92. The third-order valence-corrected chi connectivity index (χ3v) is 7.92. The molecule has 3 aliphatic heterocycles. The summed E-state index contributed by atoms with van der Waals surface area (Å²) in [5.74, 6) is -0.859. The van der Waals surface area contributed by atoms with Gasteiger partial charge in [0.05, 0.1) is 32.2 Å². The molecule has 2 fully saturated rings. The molecule has 230 valence electrons. The molecule has 3 heterocycles. The molecule has 1 saturated heterocycles. The maximum absolute atomic E-state index is 13.4. The molecule has 0 radical (unpaired) electrons. The van der Waals surface area contributed by atoms with Crippen molar-refractivity contribution in [2.75, 3.05) is 60.2 Å². The van der Waals surface area contributed by atoms with E-state index in [0.29, 0.717) is 56.8 Å². The van der Waals surface area contributed by atoms with Crippen LogP contribution in [0.25, 0.3) is 0 Å². The fourth-order valence-corrected chi connectivity index (χ4v) is 5.44. The lowest BCUT2D eigenvalue weighted by atomic mass is 10.1. The van der Waals surface area contributed by atoms with Gasteiger partial charge in [-0.25, -0.2) is 0 Å². The fraction of sp³-hybridized carbons (Fsp3) is 0.621. The van der Waals surface area contributed by atoms with Gasteiger partial charge >= 0.3 is 0 Å². The van der Waals surface area contributed by atoms with Crippen LogP contribution in [0.15, 0.2) is 18.2 Å². The first-order valence-corrected chi connectivity index (χ1v) is 14.4. The lowest BCUT2D eigenvalue weighted by molar-refractivity contribution is -0.142. The van der Waals surface area contributed by atoms with E-state index in [9.17, 15) is 24.0 Å². The smallest absolute Gasteiger partial charge is 0.252 e. The Morgan fingerprint density at radius 3 is 2.57 bits per heavy atom. The Morgan fingerprint density at radius 1 is 1.07 bits per heavy atom. The van der Waals surface area contributed by atoms with Crippen LogP contribution in [0.3, 0.4) is 0 Å². The number of methoxy groups -OCH3 is 2. The normalized spacial score (nSPS) is 23.9. The summed E-state index contributed by atoms with van der Waals surface area (Å²) in [5.41, 5.74) is -0.331. The van der Waals surface area contributed by atoms with Crippen LogP contribution in [-0.4, -0.2) is 112 Å². The van der Waals surface area contributed by atoms with Gasteiger partial charge in [0, 0.05) is 32.3 Å². The summed E-state index contributed by atoms with van der Waals surface area (Å²) in [5, 5.41) is 8.38. The van der Waals surface area contributed by atoms with Gasteiger partial charge in [0.2, 0.25) is 23.6 Å². The van der Waals surface area contributed by atoms with Crippen LogP contribution in [0.2, 0.25) is 0 Å². The lowest BCUT2D eigenvalue weighted by Gasteiger charge is -2.28. The number of ether oxygens (including phenoxy) is 3. The molecule has 13 heteroatoms. The standard InChI is InChI=1S/C29H41N5O8/c1-19-27(38)34-14-4-6-21(34)26(37)31-11-5-13-33(28(39)29(9-10-29)18-40-2)17-24(35)30-12-15-42-22-8-7-20(25(36)32-19)16-23(22)41-3/h7-8,16,19,21H,4-6,9-15,17-18H2,1-3H3,(H,30,35)(H,31,37)(H,32,36)/t19-,21+/m0/s1. The summed E-state index contributed by atoms with van der Waals surface area (Å²) in [4.78, 5) is 68.4. The average molecular weight is 588 g/mol. The molecule has 42 heavy (non-hydrogen) atoms. The third kappa shape index (κ3) is 7.30. The van der Waals surface area contributed by atoms with Gasteiger partial charge in [-0.15, -0.1) is 0 Å². The van der Waals surface area contributed by atoms with E-state index in [4.69, 9.17) is 14.2 Å². The highest BCUT2D eigenvalue weighted by molar-refractivity contribution is 5.99. The molecule has 2 bridgehead atoms. The van der Waals surface area contributed by atoms with Crippen molar-refractivity contribution in [3.63, 3.8) is 0 Å². The van der Waals surface area contributed by atoms with Crippen molar-refractivity contribution in [1.82, 2.24) is 25.8 Å². The van der Waals surface area contributed by atoms with Gasteiger partial charge in [-0.1, -0.05) is 0 Å². The minimum atomic E-state index is -0.851. The van der Waals surface area contributed by atoms with Crippen LogP contribution in [0.4, 0.5) is 0 Å². The SMILES string of the molecule is COCC1(C(=O)N2CCCNC(=O)[C@H]3CCCN3C(=O)[C@H](C)NC(=O)c3ccc(c(OC)c3)OCCNC(=O)C2)CC1. The Labute approximate surface area is 245 Å². The molecular weight excluding hydrogens is 546 g/mol. The molecular formula is C29H41N5O8. The van der Waals surface area contributed by atoms with Crippen LogP contribution in [0, 0.1) is 5.41 Å². The lowest BCUT2D eigenvalue weighted by Crippen LogP contribution is -2.52. The minimum absolute atomic E-state index is 0.129. The maximum atomic E-state index is 13.4. The summed E-state index contributed by atoms with van der Waals surface area (Å²) in [6.45, 7) is 3.03. The number of carbonyl (C=O) groups excluding carboxylic acids is 5. The summed E-state index contributed by atoms with van der Waals surface area (Å²) < 4.78 is 16.4. The van der Waals surface area contributed by atoms with Gasteiger partial charge in [0.15, 0.2) is 11.5 Å². The first-order valence-electron chi connectivity index (χ1n) is 14.4. The van der Waals surface area contributed by atoms with Crippen molar-refractivity contribution < 1.29 is 38.2 Å². The highest BCUT2D eigenvalue weighted by Crippen LogP contribution is 2.47. The number of hydrogen-bond donors (Lipinski definition) is 3. The van der Waals surface area contributed by atoms with E-state index in [-0.39, 0.29) is 62.0 Å². The van der Waals surface area contributed by atoms with Gasteiger partial charge in [-0.05, 0) is 57.2 Å². The molecule has 4 aliphatic rings. The van der Waals surface area contributed by atoms with E-state index in [1.807, 2.05) is 0 Å². The van der Waals surface area contributed by atoms with Crippen LogP contribution >= 0.6 is 0 Å². The zero-order valence-corrected chi connectivity index (χ0v) is 24.5. The Kier molecular flexibility index (Phi) is 10.3. The average Bonchev–Trinajstić information content (AvgIpc) is 3.60. The van der Waals surface area contributed by atoms with E-state index in [1.165, 1.54) is 23.0 Å². The molecule has 1 aromatic carbocycles. The minimum Gasteiger partial charge on any atom is -0.493 e. The second-order valence-corrected chi connectivity index (χ2v) is 11.0. The van der Waals surface area contributed by atoms with Crippen LogP contribution in [0.1, 0.15) is 49.4 Å². The van der Waals surface area contributed by atoms with E-state index < -0.39 is 23.4 Å². The molecule has 1 aliphatic carbocycles. The molecule has 1 saturated carbocycles. The van der Waals surface area contributed by atoms with Gasteiger partial charge in [-0.3, -0.25) is 24.0 Å². The van der Waals surface area contributed by atoms with Gasteiger partial charge < -0.3 is 40.0 Å².